The maximum Gasteiger partial charge on any atom is 0.171 e. The highest BCUT2D eigenvalue weighted by Gasteiger charge is 2.32. The van der Waals surface area contributed by atoms with Gasteiger partial charge in [-0.25, -0.2) is 13.2 Å². The molecule has 0 spiro atoms. The number of nitrogens with one attached hydrogen (secondary N) is 1. The zero-order valence-electron chi connectivity index (χ0n) is 18.2. The van der Waals surface area contributed by atoms with E-state index in [2.05, 4.69) is 25.2 Å². The van der Waals surface area contributed by atoms with Crippen LogP contribution < -0.4 is 10.1 Å². The molecule has 0 amide bonds. The van der Waals surface area contributed by atoms with Crippen molar-refractivity contribution < 1.29 is 17.9 Å². The Kier molecular flexibility index (Phi) is 4.48. The fourth-order valence-corrected chi connectivity index (χ4v) is 4.63. The minimum absolute atomic E-state index is 0.0371. The second-order valence-electron chi connectivity index (χ2n) is 8.96. The van der Waals surface area contributed by atoms with Gasteiger partial charge in [0.05, 0.1) is 5.54 Å². The normalized spacial score (nSPS) is 17.0. The van der Waals surface area contributed by atoms with Crippen molar-refractivity contribution in [3.8, 4) is 16.9 Å². The zero-order valence-corrected chi connectivity index (χ0v) is 18.2. The molecule has 0 fully saturated rings. The van der Waals surface area contributed by atoms with Gasteiger partial charge < -0.3 is 10.1 Å². The molecule has 3 aromatic rings. The molecular formula is C27H22F3NO. The van der Waals surface area contributed by atoms with Gasteiger partial charge in [0, 0.05) is 28.4 Å². The van der Waals surface area contributed by atoms with Gasteiger partial charge in [0.1, 0.15) is 17.4 Å². The monoisotopic (exact) mass is 433 g/mol. The first-order chi connectivity index (χ1) is 15.1. The Labute approximate surface area is 185 Å². The van der Waals surface area contributed by atoms with E-state index < -0.39 is 11.6 Å². The van der Waals surface area contributed by atoms with Crippen LogP contribution in [0.3, 0.4) is 0 Å². The smallest absolute Gasteiger partial charge is 0.171 e. The minimum Gasteiger partial charge on any atom is -0.453 e. The molecule has 2 nitrogen and oxygen atoms in total. The third-order valence-electron chi connectivity index (χ3n) is 5.92. The number of aryl methyl sites for hydroxylation is 1. The third kappa shape index (κ3) is 3.29. The maximum absolute atomic E-state index is 14.7. The van der Waals surface area contributed by atoms with Crippen molar-refractivity contribution in [1.29, 1.82) is 0 Å². The van der Waals surface area contributed by atoms with Gasteiger partial charge in [-0.3, -0.25) is 0 Å². The van der Waals surface area contributed by atoms with Crippen LogP contribution in [0.1, 0.15) is 43.0 Å². The SMILES string of the molecule is CC1=CC(C)(C)Nc2ccc3c(c21)/C(=C/c1cc(F)ccc1C)Oc1c(F)cc(F)cc1-3. The summed E-state index contributed by atoms with van der Waals surface area (Å²) in [5, 5.41) is 3.50. The minimum atomic E-state index is -0.781. The largest absolute Gasteiger partial charge is 0.453 e. The number of fused-ring (bicyclic) bond motifs is 5. The molecule has 2 heterocycles. The molecule has 0 saturated heterocycles. The van der Waals surface area contributed by atoms with Crippen LogP contribution in [0, 0.1) is 24.4 Å². The van der Waals surface area contributed by atoms with Gasteiger partial charge in [-0.15, -0.1) is 0 Å². The first-order valence-electron chi connectivity index (χ1n) is 10.4. The topological polar surface area (TPSA) is 21.3 Å². The van der Waals surface area contributed by atoms with Crippen LogP contribution >= 0.6 is 0 Å². The summed E-state index contributed by atoms with van der Waals surface area (Å²) in [5.41, 5.74) is 5.79. The molecule has 0 aromatic heterocycles. The van der Waals surface area contributed by atoms with Crippen LogP contribution in [0.15, 0.2) is 48.5 Å². The highest BCUT2D eigenvalue weighted by Crippen LogP contribution is 2.50. The molecule has 0 bridgehead atoms. The Morgan fingerprint density at radius 3 is 2.44 bits per heavy atom. The summed E-state index contributed by atoms with van der Waals surface area (Å²) in [4.78, 5) is 0. The standard InChI is InChI=1S/C27H22F3NO/c1-14-5-6-17(28)9-16(14)10-23-25-19(20-11-18(29)12-21(30)26(20)32-23)7-8-22-24(25)15(2)13-27(3,4)31-22/h5-13,31H,1-4H3/b23-10-. The lowest BCUT2D eigenvalue weighted by Gasteiger charge is -2.35. The van der Waals surface area contributed by atoms with Crippen molar-refractivity contribution in [2.24, 2.45) is 0 Å². The van der Waals surface area contributed by atoms with Crippen molar-refractivity contribution in [3.05, 3.63) is 88.2 Å². The van der Waals surface area contributed by atoms with E-state index in [1.54, 1.807) is 12.1 Å². The van der Waals surface area contributed by atoms with E-state index in [9.17, 15) is 13.2 Å². The van der Waals surface area contributed by atoms with E-state index >= 15 is 0 Å². The Hall–Kier alpha value is -3.47. The lowest BCUT2D eigenvalue weighted by atomic mass is 9.83. The maximum atomic E-state index is 14.7. The van der Waals surface area contributed by atoms with Crippen molar-refractivity contribution in [2.45, 2.75) is 33.2 Å². The second-order valence-corrected chi connectivity index (χ2v) is 8.96. The lowest BCUT2D eigenvalue weighted by molar-refractivity contribution is 0.460. The van der Waals surface area contributed by atoms with Crippen molar-refractivity contribution in [3.63, 3.8) is 0 Å². The summed E-state index contributed by atoms with van der Waals surface area (Å²) < 4.78 is 48.9. The first-order valence-corrected chi connectivity index (χ1v) is 10.4. The number of hydrogen-bond acceptors (Lipinski definition) is 2. The average Bonchev–Trinajstić information content (AvgIpc) is 2.70. The molecule has 0 radical (unpaired) electrons. The Morgan fingerprint density at radius 1 is 0.875 bits per heavy atom. The van der Waals surface area contributed by atoms with E-state index in [-0.39, 0.29) is 17.1 Å². The van der Waals surface area contributed by atoms with Crippen LogP contribution in [0.5, 0.6) is 5.75 Å². The molecule has 32 heavy (non-hydrogen) atoms. The Balaban J connectivity index is 1.84. The summed E-state index contributed by atoms with van der Waals surface area (Å²) in [7, 11) is 0. The van der Waals surface area contributed by atoms with Gasteiger partial charge >= 0.3 is 0 Å². The summed E-state index contributed by atoms with van der Waals surface area (Å²) in [5.74, 6) is -1.48. The fraction of sp³-hybridized carbons (Fsp3) is 0.185. The summed E-state index contributed by atoms with van der Waals surface area (Å²) in [6.07, 6.45) is 3.83. The number of anilines is 1. The summed E-state index contributed by atoms with van der Waals surface area (Å²) in [6.45, 7) is 8.02. The van der Waals surface area contributed by atoms with Crippen LogP contribution in [-0.2, 0) is 0 Å². The molecule has 0 aliphatic carbocycles. The molecule has 5 rings (SSSR count). The highest BCUT2D eigenvalue weighted by atomic mass is 19.1. The lowest BCUT2D eigenvalue weighted by Crippen LogP contribution is -2.32. The van der Waals surface area contributed by atoms with E-state index in [1.165, 1.54) is 18.2 Å². The highest BCUT2D eigenvalue weighted by molar-refractivity contribution is 6.00. The van der Waals surface area contributed by atoms with E-state index in [0.29, 0.717) is 22.4 Å². The van der Waals surface area contributed by atoms with Crippen molar-refractivity contribution in [2.75, 3.05) is 5.32 Å². The van der Waals surface area contributed by atoms with Crippen molar-refractivity contribution >= 4 is 23.1 Å². The van der Waals surface area contributed by atoms with Gasteiger partial charge in [-0.2, -0.15) is 0 Å². The van der Waals surface area contributed by atoms with Gasteiger partial charge in [0.15, 0.2) is 11.6 Å². The van der Waals surface area contributed by atoms with E-state index in [4.69, 9.17) is 4.74 Å². The molecule has 2 aliphatic heterocycles. The number of allylic oxidation sites excluding steroid dienone is 1. The number of hydrogen-bond donors (Lipinski definition) is 1. The van der Waals surface area contributed by atoms with E-state index in [0.717, 1.165) is 34.0 Å². The molecule has 0 saturated carbocycles. The predicted octanol–water partition coefficient (Wildman–Crippen LogP) is 7.58. The Bertz CT molecular complexity index is 1350. The fourth-order valence-electron chi connectivity index (χ4n) is 4.63. The van der Waals surface area contributed by atoms with Crippen LogP contribution in [0.2, 0.25) is 0 Å². The number of ether oxygens (including phenoxy) is 1. The predicted molar refractivity (Wildman–Crippen MR) is 123 cm³/mol. The van der Waals surface area contributed by atoms with Crippen LogP contribution in [-0.4, -0.2) is 5.54 Å². The molecule has 3 aromatic carbocycles. The molecule has 0 unspecified atom stereocenters. The number of benzene rings is 3. The summed E-state index contributed by atoms with van der Waals surface area (Å²) in [6, 6.07) is 10.4. The molecule has 5 heteroatoms. The van der Waals surface area contributed by atoms with E-state index in [1.807, 2.05) is 26.0 Å². The second kappa shape index (κ2) is 7.02. The van der Waals surface area contributed by atoms with Gasteiger partial charge in [-0.1, -0.05) is 18.2 Å². The zero-order chi connectivity index (χ0) is 22.8. The molecular weight excluding hydrogens is 411 g/mol. The molecule has 1 N–H and O–H groups in total. The molecule has 2 aliphatic rings. The quantitative estimate of drug-likeness (QED) is 0.427. The van der Waals surface area contributed by atoms with Gasteiger partial charge in [0.25, 0.3) is 0 Å². The van der Waals surface area contributed by atoms with Gasteiger partial charge in [-0.05, 0) is 80.3 Å². The third-order valence-corrected chi connectivity index (χ3v) is 5.92. The van der Waals surface area contributed by atoms with Crippen LogP contribution in [0.25, 0.3) is 28.5 Å². The Morgan fingerprint density at radius 2 is 1.66 bits per heavy atom. The molecule has 0 atom stereocenters. The van der Waals surface area contributed by atoms with Crippen LogP contribution in [0.4, 0.5) is 18.9 Å². The molecule has 162 valence electrons. The first kappa shape index (κ1) is 20.4. The summed E-state index contributed by atoms with van der Waals surface area (Å²) >= 11 is 0. The number of halogens is 3. The van der Waals surface area contributed by atoms with Crippen molar-refractivity contribution in [1.82, 2.24) is 0 Å². The number of rotatable bonds is 1. The van der Waals surface area contributed by atoms with Gasteiger partial charge in [0.2, 0.25) is 0 Å². The average molecular weight is 433 g/mol.